The topological polar surface area (TPSA) is 46.2 Å². The highest BCUT2D eigenvalue weighted by molar-refractivity contribution is 7.90. The Balaban J connectivity index is 2.88. The van der Waals surface area contributed by atoms with Gasteiger partial charge in [0, 0.05) is 12.3 Å². The standard InChI is InChI=1S/C15H23NO2S/c1-5-16-15(11-6-12(2)3)13-7-9-14(10-8-13)19(4,17)18/h7-10,15-16H,2,5-6,11H2,1,3-4H3. The fraction of sp³-hybridized carbons (Fsp3) is 0.467. The highest BCUT2D eigenvalue weighted by atomic mass is 32.2. The first-order chi connectivity index (χ1) is 8.84. The molecular weight excluding hydrogens is 258 g/mol. The minimum atomic E-state index is -3.12. The SMILES string of the molecule is C=C(C)CCC(NCC)c1ccc(S(C)(=O)=O)cc1. The van der Waals surface area contributed by atoms with Crippen molar-refractivity contribution in [2.75, 3.05) is 12.8 Å². The molecule has 0 aromatic heterocycles. The molecule has 1 aromatic rings. The van der Waals surface area contributed by atoms with Crippen LogP contribution in [0, 0.1) is 0 Å². The maximum atomic E-state index is 11.4. The zero-order valence-electron chi connectivity index (χ0n) is 11.9. The van der Waals surface area contributed by atoms with Gasteiger partial charge in [-0.3, -0.25) is 0 Å². The zero-order chi connectivity index (χ0) is 14.5. The maximum Gasteiger partial charge on any atom is 0.175 e. The largest absolute Gasteiger partial charge is 0.310 e. The Hall–Kier alpha value is -1.13. The van der Waals surface area contributed by atoms with Gasteiger partial charge in [-0.1, -0.05) is 24.6 Å². The van der Waals surface area contributed by atoms with E-state index in [0.29, 0.717) is 4.90 Å². The summed E-state index contributed by atoms with van der Waals surface area (Å²) in [7, 11) is -3.12. The van der Waals surface area contributed by atoms with Crippen molar-refractivity contribution >= 4 is 9.84 Å². The van der Waals surface area contributed by atoms with Gasteiger partial charge in [0.2, 0.25) is 0 Å². The lowest BCUT2D eigenvalue weighted by molar-refractivity contribution is 0.514. The van der Waals surface area contributed by atoms with E-state index >= 15 is 0 Å². The van der Waals surface area contributed by atoms with Gasteiger partial charge in [-0.05, 0) is 44.0 Å². The van der Waals surface area contributed by atoms with E-state index in [-0.39, 0.29) is 6.04 Å². The zero-order valence-corrected chi connectivity index (χ0v) is 12.8. The van der Waals surface area contributed by atoms with Crippen LogP contribution in [0.25, 0.3) is 0 Å². The molecule has 0 saturated carbocycles. The van der Waals surface area contributed by atoms with Crippen LogP contribution in [0.1, 0.15) is 38.3 Å². The number of rotatable bonds is 7. The minimum absolute atomic E-state index is 0.246. The van der Waals surface area contributed by atoms with Crippen molar-refractivity contribution in [3.63, 3.8) is 0 Å². The van der Waals surface area contributed by atoms with E-state index in [1.165, 1.54) is 6.26 Å². The lowest BCUT2D eigenvalue weighted by Crippen LogP contribution is -2.21. The first kappa shape index (κ1) is 15.9. The third-order valence-electron chi connectivity index (χ3n) is 3.02. The van der Waals surface area contributed by atoms with Crippen LogP contribution in [-0.2, 0) is 9.84 Å². The van der Waals surface area contributed by atoms with E-state index in [0.717, 1.165) is 30.5 Å². The van der Waals surface area contributed by atoms with Crippen LogP contribution in [0.5, 0.6) is 0 Å². The summed E-state index contributed by atoms with van der Waals surface area (Å²) in [6.07, 6.45) is 3.16. The third-order valence-corrected chi connectivity index (χ3v) is 4.15. The number of hydrogen-bond acceptors (Lipinski definition) is 3. The van der Waals surface area contributed by atoms with Crippen molar-refractivity contribution in [3.8, 4) is 0 Å². The highest BCUT2D eigenvalue weighted by Crippen LogP contribution is 2.22. The second-order valence-electron chi connectivity index (χ2n) is 4.95. The Labute approximate surface area is 116 Å². The number of hydrogen-bond donors (Lipinski definition) is 1. The Morgan fingerprint density at radius 2 is 1.89 bits per heavy atom. The number of sulfone groups is 1. The van der Waals surface area contributed by atoms with E-state index in [9.17, 15) is 8.42 Å². The molecule has 0 heterocycles. The van der Waals surface area contributed by atoms with Crippen LogP contribution >= 0.6 is 0 Å². The molecule has 106 valence electrons. The van der Waals surface area contributed by atoms with Gasteiger partial charge in [0.25, 0.3) is 0 Å². The molecule has 0 bridgehead atoms. The monoisotopic (exact) mass is 281 g/mol. The molecule has 0 aliphatic heterocycles. The van der Waals surface area contributed by atoms with Crippen molar-refractivity contribution in [1.82, 2.24) is 5.32 Å². The summed E-state index contributed by atoms with van der Waals surface area (Å²) in [6.45, 7) is 8.90. The second kappa shape index (κ2) is 6.87. The van der Waals surface area contributed by atoms with Crippen LogP contribution in [0.3, 0.4) is 0 Å². The molecule has 0 saturated heterocycles. The summed E-state index contributed by atoms with van der Waals surface area (Å²) in [5.41, 5.74) is 2.28. The number of benzene rings is 1. The molecule has 19 heavy (non-hydrogen) atoms. The number of allylic oxidation sites excluding steroid dienone is 1. The Kier molecular flexibility index (Phi) is 5.76. The normalized spacial score (nSPS) is 13.2. The average molecular weight is 281 g/mol. The van der Waals surface area contributed by atoms with Gasteiger partial charge in [-0.25, -0.2) is 8.42 Å². The summed E-state index contributed by atoms with van der Waals surface area (Å²) < 4.78 is 22.9. The molecule has 0 aliphatic carbocycles. The molecule has 1 N–H and O–H groups in total. The summed E-state index contributed by atoms with van der Waals surface area (Å²) in [5, 5.41) is 3.42. The quantitative estimate of drug-likeness (QED) is 0.781. The van der Waals surface area contributed by atoms with Gasteiger partial charge in [0.15, 0.2) is 9.84 Å². The van der Waals surface area contributed by atoms with Gasteiger partial charge in [-0.15, -0.1) is 6.58 Å². The van der Waals surface area contributed by atoms with Crippen LogP contribution in [-0.4, -0.2) is 21.2 Å². The summed E-state index contributed by atoms with van der Waals surface area (Å²) >= 11 is 0. The molecule has 1 rings (SSSR count). The van der Waals surface area contributed by atoms with Gasteiger partial charge < -0.3 is 5.32 Å². The molecule has 1 atom stereocenters. The van der Waals surface area contributed by atoms with Gasteiger partial charge in [0.05, 0.1) is 4.90 Å². The maximum absolute atomic E-state index is 11.4. The molecule has 0 amide bonds. The predicted octanol–water partition coefficient (Wildman–Crippen LogP) is 3.10. The summed E-state index contributed by atoms with van der Waals surface area (Å²) in [5.74, 6) is 0. The van der Waals surface area contributed by atoms with E-state index in [1.54, 1.807) is 12.1 Å². The lowest BCUT2D eigenvalue weighted by Gasteiger charge is -2.18. The fourth-order valence-electron chi connectivity index (χ4n) is 1.97. The minimum Gasteiger partial charge on any atom is -0.310 e. The van der Waals surface area contributed by atoms with E-state index < -0.39 is 9.84 Å². The second-order valence-corrected chi connectivity index (χ2v) is 6.96. The smallest absolute Gasteiger partial charge is 0.175 e. The molecule has 0 fully saturated rings. The van der Waals surface area contributed by atoms with Crippen LogP contribution in [0.2, 0.25) is 0 Å². The molecule has 0 aliphatic rings. The molecule has 3 nitrogen and oxygen atoms in total. The molecule has 4 heteroatoms. The third kappa shape index (κ3) is 5.17. The molecular formula is C15H23NO2S. The van der Waals surface area contributed by atoms with E-state index in [2.05, 4.69) is 18.8 Å². The molecule has 0 spiro atoms. The average Bonchev–Trinajstić information content (AvgIpc) is 2.33. The molecule has 0 radical (unpaired) electrons. The highest BCUT2D eigenvalue weighted by Gasteiger charge is 2.12. The van der Waals surface area contributed by atoms with Crippen molar-refractivity contribution in [3.05, 3.63) is 42.0 Å². The first-order valence-corrected chi connectivity index (χ1v) is 8.41. The van der Waals surface area contributed by atoms with E-state index in [4.69, 9.17) is 0 Å². The fourth-order valence-corrected chi connectivity index (χ4v) is 2.60. The van der Waals surface area contributed by atoms with Gasteiger partial charge in [0.1, 0.15) is 0 Å². The van der Waals surface area contributed by atoms with Crippen molar-refractivity contribution in [1.29, 1.82) is 0 Å². The molecule has 1 aromatic carbocycles. The Bertz CT molecular complexity index is 518. The van der Waals surface area contributed by atoms with Crippen molar-refractivity contribution in [2.24, 2.45) is 0 Å². The summed E-state index contributed by atoms with van der Waals surface area (Å²) in [4.78, 5) is 0.367. The van der Waals surface area contributed by atoms with Crippen LogP contribution in [0.4, 0.5) is 0 Å². The van der Waals surface area contributed by atoms with Gasteiger partial charge in [-0.2, -0.15) is 0 Å². The Morgan fingerprint density at radius 3 is 2.32 bits per heavy atom. The van der Waals surface area contributed by atoms with E-state index in [1.807, 2.05) is 19.1 Å². The first-order valence-electron chi connectivity index (χ1n) is 6.52. The summed E-state index contributed by atoms with van der Waals surface area (Å²) in [6, 6.07) is 7.38. The van der Waals surface area contributed by atoms with Crippen LogP contribution in [0.15, 0.2) is 41.3 Å². The Morgan fingerprint density at radius 1 is 1.32 bits per heavy atom. The predicted molar refractivity (Wildman–Crippen MR) is 80.0 cm³/mol. The van der Waals surface area contributed by atoms with Gasteiger partial charge >= 0.3 is 0 Å². The van der Waals surface area contributed by atoms with Crippen molar-refractivity contribution < 1.29 is 8.42 Å². The number of nitrogens with one attached hydrogen (secondary N) is 1. The molecule has 1 unspecified atom stereocenters. The lowest BCUT2D eigenvalue weighted by atomic mass is 10.00. The van der Waals surface area contributed by atoms with Crippen molar-refractivity contribution in [2.45, 2.75) is 37.6 Å². The van der Waals surface area contributed by atoms with Crippen LogP contribution < -0.4 is 5.32 Å².